The van der Waals surface area contributed by atoms with Gasteiger partial charge in [0.1, 0.15) is 0 Å². The van der Waals surface area contributed by atoms with Gasteiger partial charge in [-0.1, -0.05) is 6.07 Å². The number of sulfonamides is 1. The number of amides is 1. The van der Waals surface area contributed by atoms with Crippen molar-refractivity contribution in [2.75, 3.05) is 34.3 Å². The number of carbonyl (C=O) groups excluding carboxylic acids is 1. The van der Waals surface area contributed by atoms with Gasteiger partial charge in [0.15, 0.2) is 0 Å². The van der Waals surface area contributed by atoms with Crippen LogP contribution in [-0.2, 0) is 14.8 Å². The maximum atomic E-state index is 12.1. The first-order valence-electron chi connectivity index (χ1n) is 7.03. The fraction of sp³-hybridized carbons (Fsp3) is 0.500. The predicted molar refractivity (Wildman–Crippen MR) is 92.0 cm³/mol. The van der Waals surface area contributed by atoms with Gasteiger partial charge in [0.25, 0.3) is 0 Å². The summed E-state index contributed by atoms with van der Waals surface area (Å²) in [5.74, 6) is 1.94. The standard InChI is InChI=1S/C14H21N3O3S2/c1-10-3-4-11(7-13(10)17-22(2,19)20)16-14(18)8-12-9-21-6-5-15-12/h3-4,7,12,15,17H,5-6,8-9H2,1-2H3,(H,16,18). The SMILES string of the molecule is Cc1ccc(NC(=O)CC2CSCCN2)cc1NS(C)(=O)=O. The molecular formula is C14H21N3O3S2. The molecule has 1 heterocycles. The molecule has 0 radical (unpaired) electrons. The van der Waals surface area contributed by atoms with Crippen LogP contribution in [0.15, 0.2) is 18.2 Å². The van der Waals surface area contributed by atoms with Crippen LogP contribution in [0.2, 0.25) is 0 Å². The first-order valence-corrected chi connectivity index (χ1v) is 10.1. The number of benzene rings is 1. The molecule has 122 valence electrons. The first-order chi connectivity index (χ1) is 10.3. The summed E-state index contributed by atoms with van der Waals surface area (Å²) in [6.45, 7) is 2.73. The Morgan fingerprint density at radius 1 is 1.45 bits per heavy atom. The molecule has 1 aliphatic rings. The zero-order chi connectivity index (χ0) is 16.2. The van der Waals surface area contributed by atoms with Crippen LogP contribution in [0.4, 0.5) is 11.4 Å². The number of anilines is 2. The van der Waals surface area contributed by atoms with Crippen molar-refractivity contribution in [2.24, 2.45) is 0 Å². The summed E-state index contributed by atoms with van der Waals surface area (Å²) in [6, 6.07) is 5.37. The van der Waals surface area contributed by atoms with Crippen molar-refractivity contribution >= 4 is 39.1 Å². The van der Waals surface area contributed by atoms with Crippen molar-refractivity contribution in [3.05, 3.63) is 23.8 Å². The van der Waals surface area contributed by atoms with Gasteiger partial charge in [-0.15, -0.1) is 0 Å². The van der Waals surface area contributed by atoms with Crippen LogP contribution in [0, 0.1) is 6.92 Å². The number of hydrogen-bond donors (Lipinski definition) is 3. The lowest BCUT2D eigenvalue weighted by atomic mass is 10.1. The van der Waals surface area contributed by atoms with Crippen molar-refractivity contribution in [1.82, 2.24) is 5.32 Å². The molecule has 0 bridgehead atoms. The maximum Gasteiger partial charge on any atom is 0.229 e. The van der Waals surface area contributed by atoms with Crippen molar-refractivity contribution in [2.45, 2.75) is 19.4 Å². The summed E-state index contributed by atoms with van der Waals surface area (Å²) in [6.07, 6.45) is 1.51. The van der Waals surface area contributed by atoms with Crippen LogP contribution in [0.1, 0.15) is 12.0 Å². The van der Waals surface area contributed by atoms with Crippen molar-refractivity contribution in [3.8, 4) is 0 Å². The van der Waals surface area contributed by atoms with Crippen LogP contribution in [0.5, 0.6) is 0 Å². The lowest BCUT2D eigenvalue weighted by molar-refractivity contribution is -0.116. The minimum absolute atomic E-state index is 0.0749. The maximum absolute atomic E-state index is 12.1. The number of thioether (sulfide) groups is 1. The van der Waals surface area contributed by atoms with E-state index in [0.717, 1.165) is 29.9 Å². The Kier molecular flexibility index (Phi) is 5.71. The fourth-order valence-corrected chi connectivity index (χ4v) is 3.76. The lowest BCUT2D eigenvalue weighted by Gasteiger charge is -2.22. The van der Waals surface area contributed by atoms with E-state index in [9.17, 15) is 13.2 Å². The summed E-state index contributed by atoms with van der Waals surface area (Å²) in [4.78, 5) is 12.1. The molecule has 6 nitrogen and oxygen atoms in total. The van der Waals surface area contributed by atoms with Crippen LogP contribution in [0.3, 0.4) is 0 Å². The highest BCUT2D eigenvalue weighted by molar-refractivity contribution is 7.99. The van der Waals surface area contributed by atoms with Crippen molar-refractivity contribution in [1.29, 1.82) is 0 Å². The summed E-state index contributed by atoms with van der Waals surface area (Å²) >= 11 is 1.84. The van der Waals surface area contributed by atoms with Gasteiger partial charge in [-0.2, -0.15) is 11.8 Å². The Labute approximate surface area is 135 Å². The van der Waals surface area contributed by atoms with Crippen LogP contribution < -0.4 is 15.4 Å². The third kappa shape index (κ3) is 5.51. The van der Waals surface area contributed by atoms with E-state index in [1.165, 1.54) is 0 Å². The quantitative estimate of drug-likeness (QED) is 0.752. The molecule has 1 aliphatic heterocycles. The third-order valence-electron chi connectivity index (χ3n) is 3.25. The zero-order valence-electron chi connectivity index (χ0n) is 12.7. The van der Waals surface area contributed by atoms with Gasteiger partial charge < -0.3 is 10.6 Å². The van der Waals surface area contributed by atoms with Crippen LogP contribution >= 0.6 is 11.8 Å². The Hall–Kier alpha value is -1.25. The van der Waals surface area contributed by atoms with Crippen molar-refractivity contribution in [3.63, 3.8) is 0 Å². The van der Waals surface area contributed by atoms with Crippen molar-refractivity contribution < 1.29 is 13.2 Å². The van der Waals surface area contributed by atoms with Gasteiger partial charge in [0.05, 0.1) is 11.9 Å². The summed E-state index contributed by atoms with van der Waals surface area (Å²) < 4.78 is 25.1. The minimum Gasteiger partial charge on any atom is -0.326 e. The molecule has 0 saturated carbocycles. The highest BCUT2D eigenvalue weighted by Crippen LogP contribution is 2.21. The normalized spacial score (nSPS) is 18.7. The van der Waals surface area contributed by atoms with Gasteiger partial charge in [-0.25, -0.2) is 8.42 Å². The van der Waals surface area contributed by atoms with Gasteiger partial charge in [-0.05, 0) is 24.6 Å². The second-order valence-corrected chi connectivity index (χ2v) is 8.28. The second kappa shape index (κ2) is 7.34. The summed E-state index contributed by atoms with van der Waals surface area (Å²) in [5, 5.41) is 6.13. The Morgan fingerprint density at radius 3 is 2.86 bits per heavy atom. The molecule has 2 rings (SSSR count). The average Bonchev–Trinajstić information content (AvgIpc) is 2.42. The van der Waals surface area contributed by atoms with E-state index >= 15 is 0 Å². The Bertz CT molecular complexity index is 641. The van der Waals surface area contributed by atoms with E-state index in [2.05, 4.69) is 15.4 Å². The molecule has 1 saturated heterocycles. The summed E-state index contributed by atoms with van der Waals surface area (Å²) in [7, 11) is -3.34. The van der Waals surface area contributed by atoms with E-state index in [-0.39, 0.29) is 11.9 Å². The van der Waals surface area contributed by atoms with Gasteiger partial charge >= 0.3 is 0 Å². The largest absolute Gasteiger partial charge is 0.326 e. The molecule has 0 spiro atoms. The van der Waals surface area contributed by atoms with E-state index in [0.29, 0.717) is 17.8 Å². The topological polar surface area (TPSA) is 87.3 Å². The predicted octanol–water partition coefficient (Wildman–Crippen LogP) is 1.40. The molecule has 8 heteroatoms. The molecule has 3 N–H and O–H groups in total. The fourth-order valence-electron chi connectivity index (χ4n) is 2.20. The van der Waals surface area contributed by atoms with Crippen LogP contribution in [-0.4, -0.2) is 44.7 Å². The number of hydrogen-bond acceptors (Lipinski definition) is 5. The first kappa shape index (κ1) is 17.1. The monoisotopic (exact) mass is 343 g/mol. The van der Waals surface area contributed by atoms with E-state index < -0.39 is 10.0 Å². The highest BCUT2D eigenvalue weighted by Gasteiger charge is 2.17. The van der Waals surface area contributed by atoms with E-state index in [4.69, 9.17) is 0 Å². The molecule has 0 aliphatic carbocycles. The molecule has 0 aromatic heterocycles. The molecular weight excluding hydrogens is 322 g/mol. The molecule has 1 fully saturated rings. The summed E-state index contributed by atoms with van der Waals surface area (Å²) in [5.41, 5.74) is 1.87. The highest BCUT2D eigenvalue weighted by atomic mass is 32.2. The smallest absolute Gasteiger partial charge is 0.229 e. The Morgan fingerprint density at radius 2 is 2.23 bits per heavy atom. The minimum atomic E-state index is -3.34. The lowest BCUT2D eigenvalue weighted by Crippen LogP contribution is -2.39. The molecule has 1 amide bonds. The molecule has 1 aromatic carbocycles. The van der Waals surface area contributed by atoms with Gasteiger partial charge in [0, 0.05) is 36.2 Å². The van der Waals surface area contributed by atoms with Gasteiger partial charge in [-0.3, -0.25) is 9.52 Å². The number of rotatable bonds is 5. The van der Waals surface area contributed by atoms with Gasteiger partial charge in [0.2, 0.25) is 15.9 Å². The van der Waals surface area contributed by atoms with E-state index in [1.54, 1.807) is 18.2 Å². The molecule has 22 heavy (non-hydrogen) atoms. The Balaban J connectivity index is 1.99. The van der Waals surface area contributed by atoms with E-state index in [1.807, 2.05) is 18.7 Å². The molecule has 1 unspecified atom stereocenters. The van der Waals surface area contributed by atoms with Crippen LogP contribution in [0.25, 0.3) is 0 Å². The third-order valence-corrected chi connectivity index (χ3v) is 4.97. The molecule has 1 atom stereocenters. The number of nitrogens with one attached hydrogen (secondary N) is 3. The zero-order valence-corrected chi connectivity index (χ0v) is 14.3. The second-order valence-electron chi connectivity index (χ2n) is 5.38. The average molecular weight is 343 g/mol. The number of aryl methyl sites for hydroxylation is 1. The number of carbonyl (C=O) groups is 1. The molecule has 1 aromatic rings.